The summed E-state index contributed by atoms with van der Waals surface area (Å²) in [5.41, 5.74) is 2.81. The second kappa shape index (κ2) is 13.9. The van der Waals surface area contributed by atoms with Gasteiger partial charge in [-0.15, -0.1) is 0 Å². The number of hydrogen-bond acceptors (Lipinski definition) is 6. The summed E-state index contributed by atoms with van der Waals surface area (Å²) >= 11 is 6.17. The van der Waals surface area contributed by atoms with E-state index in [1.165, 1.54) is 0 Å². The lowest BCUT2D eigenvalue weighted by atomic mass is 9.83. The van der Waals surface area contributed by atoms with Crippen molar-refractivity contribution in [3.8, 4) is 11.5 Å². The van der Waals surface area contributed by atoms with Crippen LogP contribution >= 0.6 is 11.6 Å². The average molecular weight is 591 g/mol. The van der Waals surface area contributed by atoms with Crippen LogP contribution in [0.5, 0.6) is 11.5 Å². The third-order valence-corrected chi connectivity index (χ3v) is 8.47. The van der Waals surface area contributed by atoms with Gasteiger partial charge in [-0.1, -0.05) is 29.8 Å². The molecule has 0 spiro atoms. The van der Waals surface area contributed by atoms with Crippen LogP contribution in [0.4, 0.5) is 11.4 Å². The molecule has 0 radical (unpaired) electrons. The smallest absolute Gasteiger partial charge is 0.227 e. The van der Waals surface area contributed by atoms with Crippen molar-refractivity contribution in [1.29, 1.82) is 0 Å². The number of methoxy groups -OCH3 is 2. The van der Waals surface area contributed by atoms with Gasteiger partial charge < -0.3 is 24.6 Å². The fraction of sp³-hybridized carbons (Fsp3) is 0.394. The minimum atomic E-state index is -0.426. The lowest BCUT2D eigenvalue weighted by molar-refractivity contribution is -0.129. The first-order chi connectivity index (χ1) is 20.5. The lowest BCUT2D eigenvalue weighted by Crippen LogP contribution is -2.49. The molecule has 0 saturated carbocycles. The van der Waals surface area contributed by atoms with Crippen molar-refractivity contribution in [1.82, 2.24) is 10.2 Å². The van der Waals surface area contributed by atoms with Crippen LogP contribution in [-0.4, -0.2) is 70.2 Å². The Balaban J connectivity index is 1.21. The summed E-state index contributed by atoms with van der Waals surface area (Å²) in [6, 6.07) is 22.7. The van der Waals surface area contributed by atoms with Crippen LogP contribution < -0.4 is 24.6 Å². The Labute approximate surface area is 253 Å². The van der Waals surface area contributed by atoms with Crippen LogP contribution in [-0.2, 0) is 9.59 Å². The predicted octanol–water partition coefficient (Wildman–Crippen LogP) is 5.17. The van der Waals surface area contributed by atoms with Gasteiger partial charge in [-0.05, 0) is 79.5 Å². The maximum atomic E-state index is 13.6. The SMILES string of the molecule is COc1ccc(C2C(C(=O)NCCCN3CCN(c4cccc(Cl)c4)CC3)CCC(=O)N2c2ccc(OC)cc2)cc1. The first-order valence-corrected chi connectivity index (χ1v) is 15.0. The Kier molecular flexibility index (Phi) is 9.87. The van der Waals surface area contributed by atoms with Crippen LogP contribution in [0.2, 0.25) is 5.02 Å². The van der Waals surface area contributed by atoms with Gasteiger partial charge in [0.25, 0.3) is 0 Å². The number of nitrogens with zero attached hydrogens (tertiary/aromatic N) is 3. The average Bonchev–Trinajstić information content (AvgIpc) is 3.03. The summed E-state index contributed by atoms with van der Waals surface area (Å²) in [4.78, 5) is 33.5. The molecule has 2 heterocycles. The minimum Gasteiger partial charge on any atom is -0.497 e. The fourth-order valence-electron chi connectivity index (χ4n) is 5.94. The van der Waals surface area contributed by atoms with E-state index in [9.17, 15) is 9.59 Å². The van der Waals surface area contributed by atoms with Crippen molar-refractivity contribution >= 4 is 34.8 Å². The van der Waals surface area contributed by atoms with Crippen molar-refractivity contribution in [2.75, 3.05) is 63.3 Å². The molecule has 2 atom stereocenters. The number of benzene rings is 3. The van der Waals surface area contributed by atoms with E-state index in [1.807, 2.05) is 66.7 Å². The number of carbonyl (C=O) groups is 2. The molecule has 2 unspecified atom stereocenters. The largest absolute Gasteiger partial charge is 0.497 e. The van der Waals surface area contributed by atoms with Gasteiger partial charge in [0.2, 0.25) is 11.8 Å². The highest BCUT2D eigenvalue weighted by atomic mass is 35.5. The van der Waals surface area contributed by atoms with Crippen molar-refractivity contribution in [3.63, 3.8) is 0 Å². The number of nitrogens with one attached hydrogen (secondary N) is 1. The maximum Gasteiger partial charge on any atom is 0.227 e. The standard InChI is InChI=1S/C33H39ClN4O4/c1-41-28-11-7-24(8-12-28)32-30(15-16-31(39)38(32)26-9-13-29(42-2)14-10-26)33(40)35-17-4-18-36-19-21-37(22-20-36)27-6-3-5-25(34)23-27/h3,5-14,23,30,32H,4,15-22H2,1-2H3,(H,35,40). The molecule has 1 N–H and O–H groups in total. The zero-order chi connectivity index (χ0) is 29.5. The third-order valence-electron chi connectivity index (χ3n) is 8.24. The van der Waals surface area contributed by atoms with E-state index in [0.717, 1.165) is 66.9 Å². The topological polar surface area (TPSA) is 74.4 Å². The minimum absolute atomic E-state index is 0.00181. The van der Waals surface area contributed by atoms with Crippen molar-refractivity contribution in [2.45, 2.75) is 25.3 Å². The number of piperazine rings is 1. The number of carbonyl (C=O) groups excluding carboxylic acids is 2. The lowest BCUT2D eigenvalue weighted by Gasteiger charge is -2.41. The Morgan fingerprint density at radius 1 is 0.905 bits per heavy atom. The number of piperidine rings is 1. The summed E-state index contributed by atoms with van der Waals surface area (Å²) in [6.45, 7) is 5.37. The molecule has 0 aromatic heterocycles. The van der Waals surface area contributed by atoms with Crippen LogP contribution in [0.1, 0.15) is 30.9 Å². The zero-order valence-corrected chi connectivity index (χ0v) is 25.1. The van der Waals surface area contributed by atoms with Crippen LogP contribution in [0, 0.1) is 5.92 Å². The van der Waals surface area contributed by atoms with Gasteiger partial charge in [-0.2, -0.15) is 0 Å². The molecule has 222 valence electrons. The van der Waals surface area contributed by atoms with Gasteiger partial charge in [0, 0.05) is 55.5 Å². The van der Waals surface area contributed by atoms with Crippen LogP contribution in [0.25, 0.3) is 0 Å². The van der Waals surface area contributed by atoms with Crippen molar-refractivity contribution in [2.24, 2.45) is 5.92 Å². The Hall–Kier alpha value is -3.75. The maximum absolute atomic E-state index is 13.6. The monoisotopic (exact) mass is 590 g/mol. The molecule has 3 aromatic rings. The molecule has 2 saturated heterocycles. The number of amides is 2. The predicted molar refractivity (Wildman–Crippen MR) is 167 cm³/mol. The molecule has 3 aromatic carbocycles. The Bertz CT molecular complexity index is 1340. The summed E-state index contributed by atoms with van der Waals surface area (Å²) in [5, 5.41) is 3.95. The quantitative estimate of drug-likeness (QED) is 0.329. The number of rotatable bonds is 10. The summed E-state index contributed by atoms with van der Waals surface area (Å²) in [6.07, 6.45) is 1.68. The highest BCUT2D eigenvalue weighted by molar-refractivity contribution is 6.30. The second-order valence-corrected chi connectivity index (χ2v) is 11.2. The van der Waals surface area contributed by atoms with Gasteiger partial charge in [-0.25, -0.2) is 0 Å². The molecular formula is C33H39ClN4O4. The van der Waals surface area contributed by atoms with Gasteiger partial charge in [0.1, 0.15) is 11.5 Å². The Morgan fingerprint density at radius 3 is 2.21 bits per heavy atom. The third kappa shape index (κ3) is 6.99. The van der Waals surface area contributed by atoms with Gasteiger partial charge in [0.15, 0.2) is 0 Å². The van der Waals surface area contributed by atoms with E-state index in [0.29, 0.717) is 25.1 Å². The van der Waals surface area contributed by atoms with Crippen LogP contribution in [0.15, 0.2) is 72.8 Å². The highest BCUT2D eigenvalue weighted by Crippen LogP contribution is 2.41. The van der Waals surface area contributed by atoms with Gasteiger partial charge >= 0.3 is 0 Å². The molecule has 9 heteroatoms. The van der Waals surface area contributed by atoms with E-state index in [-0.39, 0.29) is 17.7 Å². The molecular weight excluding hydrogens is 552 g/mol. The van der Waals surface area contributed by atoms with Crippen molar-refractivity contribution in [3.05, 3.63) is 83.4 Å². The van der Waals surface area contributed by atoms with E-state index in [4.69, 9.17) is 21.1 Å². The second-order valence-electron chi connectivity index (χ2n) is 10.8. The summed E-state index contributed by atoms with van der Waals surface area (Å²) in [5.74, 6) is 1.05. The molecule has 42 heavy (non-hydrogen) atoms. The number of halogens is 1. The number of hydrogen-bond donors (Lipinski definition) is 1. The highest BCUT2D eigenvalue weighted by Gasteiger charge is 2.41. The Morgan fingerprint density at radius 2 is 1.57 bits per heavy atom. The molecule has 2 aliphatic heterocycles. The van der Waals surface area contributed by atoms with E-state index < -0.39 is 6.04 Å². The first-order valence-electron chi connectivity index (χ1n) is 14.6. The zero-order valence-electron chi connectivity index (χ0n) is 24.3. The van der Waals surface area contributed by atoms with E-state index >= 15 is 0 Å². The summed E-state index contributed by atoms with van der Waals surface area (Å²) < 4.78 is 10.7. The van der Waals surface area contributed by atoms with E-state index in [2.05, 4.69) is 21.2 Å². The van der Waals surface area contributed by atoms with Gasteiger partial charge in [-0.3, -0.25) is 14.5 Å². The molecule has 2 aliphatic rings. The van der Waals surface area contributed by atoms with Gasteiger partial charge in [0.05, 0.1) is 26.2 Å². The molecule has 2 amide bonds. The van der Waals surface area contributed by atoms with Crippen molar-refractivity contribution < 1.29 is 19.1 Å². The molecule has 0 aliphatic carbocycles. The molecule has 0 bridgehead atoms. The fourth-order valence-corrected chi connectivity index (χ4v) is 6.13. The first kappa shape index (κ1) is 29.7. The number of anilines is 2. The molecule has 2 fully saturated rings. The normalized spacial score (nSPS) is 19.5. The van der Waals surface area contributed by atoms with E-state index in [1.54, 1.807) is 19.1 Å². The molecule has 8 nitrogen and oxygen atoms in total. The summed E-state index contributed by atoms with van der Waals surface area (Å²) in [7, 11) is 3.24. The number of ether oxygens (including phenoxy) is 2. The molecule has 5 rings (SSSR count). The van der Waals surface area contributed by atoms with Crippen LogP contribution in [0.3, 0.4) is 0 Å².